The Labute approximate surface area is 145 Å². The first-order chi connectivity index (χ1) is 12.1. The number of nitrogens with zero attached hydrogens (tertiary/aromatic N) is 4. The molecule has 25 heavy (non-hydrogen) atoms. The number of likely N-dealkylation sites (tertiary alicyclic amines) is 1. The van der Waals surface area contributed by atoms with E-state index in [1.807, 2.05) is 24.2 Å². The maximum absolute atomic E-state index is 12.6. The van der Waals surface area contributed by atoms with E-state index in [-0.39, 0.29) is 11.9 Å². The average molecular weight is 339 g/mol. The topological polar surface area (TPSA) is 78.3 Å². The normalized spacial score (nSPS) is 20.8. The number of nitrogens with one attached hydrogen (secondary N) is 1. The highest BCUT2D eigenvalue weighted by Crippen LogP contribution is 2.29. The highest BCUT2D eigenvalue weighted by Gasteiger charge is 2.33. The summed E-state index contributed by atoms with van der Waals surface area (Å²) in [6.45, 7) is 3.62. The van der Waals surface area contributed by atoms with Gasteiger partial charge in [0.25, 0.3) is 5.91 Å². The lowest BCUT2D eigenvalue weighted by molar-refractivity contribution is 0.0638. The van der Waals surface area contributed by atoms with Crippen LogP contribution in [0.2, 0.25) is 0 Å². The van der Waals surface area contributed by atoms with Gasteiger partial charge in [-0.3, -0.25) is 4.79 Å². The van der Waals surface area contributed by atoms with Gasteiger partial charge in [0.2, 0.25) is 0 Å². The van der Waals surface area contributed by atoms with Crippen molar-refractivity contribution in [1.29, 1.82) is 0 Å². The predicted octanol–water partition coefficient (Wildman–Crippen LogP) is 2.54. The Bertz CT molecular complexity index is 873. The van der Waals surface area contributed by atoms with Gasteiger partial charge in [0.1, 0.15) is 17.8 Å². The smallest absolute Gasteiger partial charge is 0.289 e. The lowest BCUT2D eigenvalue weighted by atomic mass is 9.92. The number of amides is 1. The summed E-state index contributed by atoms with van der Waals surface area (Å²) in [5.74, 6) is 1.68. The minimum atomic E-state index is -0.0511. The molecule has 1 saturated heterocycles. The number of carbonyl (C=O) groups is 1. The predicted molar refractivity (Wildman–Crippen MR) is 94.5 cm³/mol. The molecule has 0 aromatic carbocycles. The molecule has 3 aromatic rings. The van der Waals surface area contributed by atoms with E-state index in [1.54, 1.807) is 18.5 Å². The molecule has 3 aromatic heterocycles. The monoisotopic (exact) mass is 339 g/mol. The van der Waals surface area contributed by atoms with Crippen LogP contribution in [0.25, 0.3) is 11.0 Å². The molecule has 7 heteroatoms. The Morgan fingerprint density at radius 1 is 1.40 bits per heavy atom. The van der Waals surface area contributed by atoms with Gasteiger partial charge < -0.3 is 19.2 Å². The number of hydrogen-bond donors (Lipinski definition) is 1. The molecule has 1 fully saturated rings. The van der Waals surface area contributed by atoms with Crippen LogP contribution in [0.15, 0.2) is 41.4 Å². The number of H-pyrrole nitrogens is 1. The Morgan fingerprint density at radius 3 is 3.08 bits per heavy atom. The number of fused-ring (bicyclic) bond motifs is 1. The molecule has 1 aliphatic rings. The number of piperidine rings is 1. The molecule has 0 saturated carbocycles. The van der Waals surface area contributed by atoms with Gasteiger partial charge >= 0.3 is 0 Å². The molecule has 2 unspecified atom stereocenters. The van der Waals surface area contributed by atoms with Crippen molar-refractivity contribution in [1.82, 2.24) is 19.9 Å². The summed E-state index contributed by atoms with van der Waals surface area (Å²) in [5.41, 5.74) is 0.823. The third-order valence-electron chi connectivity index (χ3n) is 5.10. The van der Waals surface area contributed by atoms with Gasteiger partial charge in [0.05, 0.1) is 17.7 Å². The average Bonchev–Trinajstić information content (AvgIpc) is 3.32. The molecule has 4 heterocycles. The molecule has 0 radical (unpaired) electrons. The minimum absolute atomic E-state index is 0.0511. The molecule has 1 amide bonds. The van der Waals surface area contributed by atoms with Crippen LogP contribution in [-0.2, 0) is 0 Å². The van der Waals surface area contributed by atoms with Gasteiger partial charge in [-0.1, -0.05) is 6.92 Å². The van der Waals surface area contributed by atoms with E-state index < -0.39 is 0 Å². The number of anilines is 1. The third kappa shape index (κ3) is 2.75. The van der Waals surface area contributed by atoms with Crippen molar-refractivity contribution in [2.75, 3.05) is 25.0 Å². The fourth-order valence-corrected chi connectivity index (χ4v) is 3.59. The zero-order chi connectivity index (χ0) is 17.4. The van der Waals surface area contributed by atoms with E-state index in [9.17, 15) is 4.79 Å². The summed E-state index contributed by atoms with van der Waals surface area (Å²) < 4.78 is 5.27. The molecule has 0 aliphatic carbocycles. The molecule has 0 bridgehead atoms. The van der Waals surface area contributed by atoms with Crippen LogP contribution in [-0.4, -0.2) is 51.9 Å². The Hall–Kier alpha value is -2.83. The molecule has 130 valence electrons. The Morgan fingerprint density at radius 2 is 2.28 bits per heavy atom. The van der Waals surface area contributed by atoms with E-state index in [0.717, 1.165) is 29.8 Å². The quantitative estimate of drug-likeness (QED) is 0.793. The van der Waals surface area contributed by atoms with E-state index in [1.165, 1.54) is 6.26 Å². The van der Waals surface area contributed by atoms with Gasteiger partial charge in [-0.05, 0) is 30.5 Å². The van der Waals surface area contributed by atoms with Crippen molar-refractivity contribution in [2.45, 2.75) is 19.4 Å². The van der Waals surface area contributed by atoms with Crippen LogP contribution in [0.3, 0.4) is 0 Å². The van der Waals surface area contributed by atoms with Crippen LogP contribution in [0.4, 0.5) is 5.82 Å². The van der Waals surface area contributed by atoms with Crippen LogP contribution in [0.5, 0.6) is 0 Å². The summed E-state index contributed by atoms with van der Waals surface area (Å²) >= 11 is 0. The molecule has 1 aliphatic heterocycles. The van der Waals surface area contributed by atoms with Crippen molar-refractivity contribution < 1.29 is 9.21 Å². The van der Waals surface area contributed by atoms with Crippen molar-refractivity contribution in [3.05, 3.63) is 42.7 Å². The lowest BCUT2D eigenvalue weighted by Gasteiger charge is -2.42. The Balaban J connectivity index is 1.59. The summed E-state index contributed by atoms with van der Waals surface area (Å²) in [5, 5.41) is 0.992. The summed E-state index contributed by atoms with van der Waals surface area (Å²) in [4.78, 5) is 28.5. The minimum Gasteiger partial charge on any atom is -0.459 e. The van der Waals surface area contributed by atoms with Crippen molar-refractivity contribution in [3.8, 4) is 0 Å². The van der Waals surface area contributed by atoms with Crippen molar-refractivity contribution >= 4 is 22.8 Å². The van der Waals surface area contributed by atoms with Crippen molar-refractivity contribution in [2.24, 2.45) is 5.92 Å². The van der Waals surface area contributed by atoms with Gasteiger partial charge in [0, 0.05) is 26.3 Å². The summed E-state index contributed by atoms with van der Waals surface area (Å²) in [6.07, 6.45) is 5.92. The maximum Gasteiger partial charge on any atom is 0.289 e. The number of aromatic amines is 1. The molecule has 0 spiro atoms. The van der Waals surface area contributed by atoms with Gasteiger partial charge in [-0.15, -0.1) is 0 Å². The molecule has 7 nitrogen and oxygen atoms in total. The highest BCUT2D eigenvalue weighted by atomic mass is 16.3. The first-order valence-electron chi connectivity index (χ1n) is 8.49. The number of hydrogen-bond acceptors (Lipinski definition) is 5. The van der Waals surface area contributed by atoms with E-state index in [4.69, 9.17) is 4.42 Å². The van der Waals surface area contributed by atoms with E-state index >= 15 is 0 Å². The second kappa shape index (κ2) is 6.23. The summed E-state index contributed by atoms with van der Waals surface area (Å²) in [7, 11) is 2.04. The molecule has 4 rings (SSSR count). The number of aromatic nitrogens is 3. The zero-order valence-corrected chi connectivity index (χ0v) is 14.3. The lowest BCUT2D eigenvalue weighted by Crippen LogP contribution is -2.52. The first kappa shape index (κ1) is 15.7. The Kier molecular flexibility index (Phi) is 3.91. The van der Waals surface area contributed by atoms with Gasteiger partial charge in [-0.2, -0.15) is 0 Å². The standard InChI is InChI=1S/C18H21N5O2/c1-12-6-8-23(18(24)15-4-3-9-25-15)10-14(12)22(2)17-13-5-7-19-16(13)20-11-21-17/h3-5,7,9,11-12,14H,6,8,10H2,1-2H3,(H,19,20,21). The zero-order valence-electron chi connectivity index (χ0n) is 14.3. The van der Waals surface area contributed by atoms with Gasteiger partial charge in [0.15, 0.2) is 5.76 Å². The number of likely N-dealkylation sites (N-methyl/N-ethyl adjacent to an activating group) is 1. The fraction of sp³-hybridized carbons (Fsp3) is 0.389. The second-order valence-electron chi connectivity index (χ2n) is 6.61. The molecule has 1 N–H and O–H groups in total. The number of carbonyl (C=O) groups excluding carboxylic acids is 1. The summed E-state index contributed by atoms with van der Waals surface area (Å²) in [6, 6.07) is 5.63. The largest absolute Gasteiger partial charge is 0.459 e. The second-order valence-corrected chi connectivity index (χ2v) is 6.61. The van der Waals surface area contributed by atoms with Crippen LogP contribution in [0, 0.1) is 5.92 Å². The molecular weight excluding hydrogens is 318 g/mol. The maximum atomic E-state index is 12.6. The first-order valence-corrected chi connectivity index (χ1v) is 8.49. The van der Waals surface area contributed by atoms with Crippen molar-refractivity contribution in [3.63, 3.8) is 0 Å². The fourth-order valence-electron chi connectivity index (χ4n) is 3.59. The SMILES string of the molecule is CC1CCN(C(=O)c2ccco2)CC1N(C)c1ncnc2[nH]ccc12. The van der Waals surface area contributed by atoms with Crippen LogP contribution >= 0.6 is 0 Å². The van der Waals surface area contributed by atoms with Crippen LogP contribution < -0.4 is 4.90 Å². The van der Waals surface area contributed by atoms with Crippen LogP contribution in [0.1, 0.15) is 23.9 Å². The third-order valence-corrected chi connectivity index (χ3v) is 5.10. The number of furan rings is 1. The van der Waals surface area contributed by atoms with Gasteiger partial charge in [-0.25, -0.2) is 9.97 Å². The van der Waals surface area contributed by atoms with E-state index in [0.29, 0.717) is 18.2 Å². The highest BCUT2D eigenvalue weighted by molar-refractivity contribution is 5.91. The molecule has 2 atom stereocenters. The molecular formula is C18H21N5O2. The number of rotatable bonds is 3. The van der Waals surface area contributed by atoms with E-state index in [2.05, 4.69) is 26.8 Å².